The molecule has 25 heavy (non-hydrogen) atoms. The second kappa shape index (κ2) is 6.24. The average Bonchev–Trinajstić information content (AvgIpc) is 3.36. The van der Waals surface area contributed by atoms with Gasteiger partial charge in [-0.05, 0) is 55.5 Å². The van der Waals surface area contributed by atoms with Crippen molar-refractivity contribution in [2.24, 2.45) is 5.92 Å². The van der Waals surface area contributed by atoms with Gasteiger partial charge >= 0.3 is 6.03 Å². The Morgan fingerprint density at radius 2 is 1.88 bits per heavy atom. The summed E-state index contributed by atoms with van der Waals surface area (Å²) >= 11 is 0. The lowest BCUT2D eigenvalue weighted by Crippen LogP contribution is -2.30. The number of urea groups is 1. The fraction of sp³-hybridized carbons (Fsp3) is 0.300. The SMILES string of the molecule is Cc1ccccc1NC(=O)Nc1ccc2c(c1)N(C(=O)C1CC1)CC2. The summed E-state index contributed by atoms with van der Waals surface area (Å²) in [7, 11) is 0. The van der Waals surface area contributed by atoms with E-state index in [2.05, 4.69) is 10.6 Å². The molecule has 2 aromatic carbocycles. The molecule has 0 saturated heterocycles. The van der Waals surface area contributed by atoms with Crippen molar-refractivity contribution < 1.29 is 9.59 Å². The van der Waals surface area contributed by atoms with E-state index in [4.69, 9.17) is 0 Å². The monoisotopic (exact) mass is 335 g/mol. The highest BCUT2D eigenvalue weighted by Gasteiger charge is 2.36. The molecule has 1 aliphatic carbocycles. The first kappa shape index (κ1) is 15.7. The summed E-state index contributed by atoms with van der Waals surface area (Å²) in [6, 6.07) is 13.1. The zero-order valence-electron chi connectivity index (χ0n) is 14.2. The fourth-order valence-corrected chi connectivity index (χ4v) is 3.23. The van der Waals surface area contributed by atoms with Crippen molar-refractivity contribution in [1.82, 2.24) is 0 Å². The number of benzene rings is 2. The summed E-state index contributed by atoms with van der Waals surface area (Å²) in [5.74, 6) is 0.423. The lowest BCUT2D eigenvalue weighted by molar-refractivity contribution is -0.119. The number of carbonyl (C=O) groups is 2. The van der Waals surface area contributed by atoms with Gasteiger partial charge in [0.05, 0.1) is 0 Å². The van der Waals surface area contributed by atoms with E-state index in [1.165, 1.54) is 5.56 Å². The summed E-state index contributed by atoms with van der Waals surface area (Å²) in [5, 5.41) is 5.72. The van der Waals surface area contributed by atoms with Gasteiger partial charge in [0.25, 0.3) is 0 Å². The van der Waals surface area contributed by atoms with Crippen molar-refractivity contribution in [2.75, 3.05) is 22.1 Å². The Morgan fingerprint density at radius 1 is 1.08 bits per heavy atom. The van der Waals surface area contributed by atoms with Gasteiger partial charge in [0.1, 0.15) is 0 Å². The van der Waals surface area contributed by atoms with Crippen LogP contribution in [0.3, 0.4) is 0 Å². The van der Waals surface area contributed by atoms with E-state index < -0.39 is 0 Å². The normalized spacial score (nSPS) is 15.6. The van der Waals surface area contributed by atoms with E-state index in [1.807, 2.05) is 54.3 Å². The standard InChI is InChI=1S/C20H21N3O2/c1-13-4-2-3-5-17(13)22-20(25)21-16-9-8-14-10-11-23(18(14)12-16)19(24)15-6-7-15/h2-5,8-9,12,15H,6-7,10-11H2,1H3,(H2,21,22,25). The Balaban J connectivity index is 1.48. The van der Waals surface area contributed by atoms with Crippen molar-refractivity contribution in [2.45, 2.75) is 26.2 Å². The Morgan fingerprint density at radius 3 is 2.64 bits per heavy atom. The third kappa shape index (κ3) is 3.22. The minimum atomic E-state index is -0.285. The van der Waals surface area contributed by atoms with Crippen molar-refractivity contribution in [3.63, 3.8) is 0 Å². The molecule has 4 rings (SSSR count). The Hall–Kier alpha value is -2.82. The molecule has 2 N–H and O–H groups in total. The first-order valence-electron chi connectivity index (χ1n) is 8.70. The summed E-state index contributed by atoms with van der Waals surface area (Å²) in [6.45, 7) is 2.69. The van der Waals surface area contributed by atoms with Crippen LogP contribution in [0.1, 0.15) is 24.0 Å². The number of para-hydroxylation sites is 1. The van der Waals surface area contributed by atoms with Crippen LogP contribution in [0.5, 0.6) is 0 Å². The molecule has 2 aliphatic rings. The molecule has 0 bridgehead atoms. The highest BCUT2D eigenvalue weighted by molar-refractivity contribution is 6.02. The number of nitrogens with one attached hydrogen (secondary N) is 2. The maximum atomic E-state index is 12.4. The lowest BCUT2D eigenvalue weighted by atomic mass is 10.1. The van der Waals surface area contributed by atoms with Crippen molar-refractivity contribution in [3.8, 4) is 0 Å². The first-order valence-corrected chi connectivity index (χ1v) is 8.70. The van der Waals surface area contributed by atoms with Gasteiger partial charge < -0.3 is 15.5 Å². The van der Waals surface area contributed by atoms with Crippen LogP contribution in [-0.2, 0) is 11.2 Å². The van der Waals surface area contributed by atoms with Crippen LogP contribution in [-0.4, -0.2) is 18.5 Å². The maximum Gasteiger partial charge on any atom is 0.323 e. The van der Waals surface area contributed by atoms with Crippen LogP contribution >= 0.6 is 0 Å². The minimum Gasteiger partial charge on any atom is -0.312 e. The summed E-state index contributed by atoms with van der Waals surface area (Å²) in [4.78, 5) is 26.5. The minimum absolute atomic E-state index is 0.201. The topological polar surface area (TPSA) is 61.4 Å². The van der Waals surface area contributed by atoms with Gasteiger partial charge in [-0.2, -0.15) is 0 Å². The molecule has 0 radical (unpaired) electrons. The fourth-order valence-electron chi connectivity index (χ4n) is 3.23. The predicted molar refractivity (Wildman–Crippen MR) is 99.0 cm³/mol. The number of anilines is 3. The quantitative estimate of drug-likeness (QED) is 0.892. The van der Waals surface area contributed by atoms with Gasteiger partial charge in [-0.25, -0.2) is 4.79 Å². The number of rotatable bonds is 3. The second-order valence-electron chi connectivity index (χ2n) is 6.75. The molecule has 128 valence electrons. The van der Waals surface area contributed by atoms with E-state index in [9.17, 15) is 9.59 Å². The third-order valence-electron chi connectivity index (χ3n) is 4.82. The molecule has 5 nitrogen and oxygen atoms in total. The van der Waals surface area contributed by atoms with E-state index in [0.717, 1.165) is 42.7 Å². The van der Waals surface area contributed by atoms with Crippen LogP contribution in [0, 0.1) is 12.8 Å². The van der Waals surface area contributed by atoms with Gasteiger partial charge in [-0.1, -0.05) is 24.3 Å². The van der Waals surface area contributed by atoms with E-state index >= 15 is 0 Å². The molecule has 2 aromatic rings. The van der Waals surface area contributed by atoms with E-state index in [0.29, 0.717) is 5.69 Å². The highest BCUT2D eigenvalue weighted by Crippen LogP contribution is 2.37. The molecular formula is C20H21N3O2. The highest BCUT2D eigenvalue weighted by atomic mass is 16.2. The van der Waals surface area contributed by atoms with Crippen LogP contribution in [0.15, 0.2) is 42.5 Å². The molecule has 3 amide bonds. The largest absolute Gasteiger partial charge is 0.323 e. The van der Waals surface area contributed by atoms with Gasteiger partial charge in [0.15, 0.2) is 0 Å². The molecule has 0 aromatic heterocycles. The summed E-state index contributed by atoms with van der Waals surface area (Å²) < 4.78 is 0. The Bertz CT molecular complexity index is 843. The molecule has 1 heterocycles. The zero-order valence-corrected chi connectivity index (χ0v) is 14.2. The predicted octanol–water partition coefficient (Wildman–Crippen LogP) is 3.94. The molecule has 5 heteroatoms. The van der Waals surface area contributed by atoms with E-state index in [1.54, 1.807) is 0 Å². The third-order valence-corrected chi connectivity index (χ3v) is 4.82. The number of hydrogen-bond acceptors (Lipinski definition) is 2. The number of carbonyl (C=O) groups excluding carboxylic acids is 2. The van der Waals surface area contributed by atoms with Crippen molar-refractivity contribution >= 4 is 29.0 Å². The first-order chi connectivity index (χ1) is 12.1. The molecule has 1 fully saturated rings. The van der Waals surface area contributed by atoms with Gasteiger partial charge in [-0.15, -0.1) is 0 Å². The van der Waals surface area contributed by atoms with Gasteiger partial charge in [0, 0.05) is 29.5 Å². The molecule has 0 unspecified atom stereocenters. The second-order valence-corrected chi connectivity index (χ2v) is 6.75. The molecule has 1 aliphatic heterocycles. The Labute approximate surface area is 147 Å². The molecule has 1 saturated carbocycles. The number of hydrogen-bond donors (Lipinski definition) is 2. The van der Waals surface area contributed by atoms with Crippen LogP contribution in [0.2, 0.25) is 0 Å². The van der Waals surface area contributed by atoms with Crippen molar-refractivity contribution in [1.29, 1.82) is 0 Å². The smallest absolute Gasteiger partial charge is 0.312 e. The number of aryl methyl sites for hydroxylation is 1. The summed E-state index contributed by atoms with van der Waals surface area (Å²) in [5.41, 5.74) is 4.59. The number of nitrogens with zero attached hydrogens (tertiary/aromatic N) is 1. The zero-order chi connectivity index (χ0) is 17.4. The average molecular weight is 335 g/mol. The van der Waals surface area contributed by atoms with Crippen LogP contribution in [0.4, 0.5) is 21.9 Å². The Kier molecular flexibility index (Phi) is 3.92. The summed E-state index contributed by atoms with van der Waals surface area (Å²) in [6.07, 6.45) is 2.88. The maximum absolute atomic E-state index is 12.4. The molecule has 0 spiro atoms. The van der Waals surface area contributed by atoms with Crippen LogP contribution in [0.25, 0.3) is 0 Å². The van der Waals surface area contributed by atoms with Gasteiger partial charge in [-0.3, -0.25) is 4.79 Å². The lowest BCUT2D eigenvalue weighted by Gasteiger charge is -2.18. The van der Waals surface area contributed by atoms with Crippen molar-refractivity contribution in [3.05, 3.63) is 53.6 Å². The van der Waals surface area contributed by atoms with Crippen LogP contribution < -0.4 is 15.5 Å². The molecule has 0 atom stereocenters. The van der Waals surface area contributed by atoms with E-state index in [-0.39, 0.29) is 17.9 Å². The molecular weight excluding hydrogens is 314 g/mol. The number of amides is 3. The number of fused-ring (bicyclic) bond motifs is 1. The van der Waals surface area contributed by atoms with Gasteiger partial charge in [0.2, 0.25) is 5.91 Å².